The van der Waals surface area contributed by atoms with Crippen molar-refractivity contribution < 1.29 is 82.5 Å². The summed E-state index contributed by atoms with van der Waals surface area (Å²) in [5.74, 6) is 0. The monoisotopic (exact) mass is 264 g/mol. The van der Waals surface area contributed by atoms with E-state index in [4.69, 9.17) is 0 Å². The van der Waals surface area contributed by atoms with Gasteiger partial charge in [0.25, 0.3) is 0 Å². The molecule has 12 N–H and O–H groups in total. The van der Waals surface area contributed by atoms with Gasteiger partial charge in [0.1, 0.15) is 0 Å². The van der Waals surface area contributed by atoms with Crippen molar-refractivity contribution in [1.82, 2.24) is 24.6 Å². The minimum absolute atomic E-state index is 0. The summed E-state index contributed by atoms with van der Waals surface area (Å²) in [7, 11) is 0. The topological polar surface area (TPSA) is 140 Å². The van der Waals surface area contributed by atoms with Crippen LogP contribution in [0.4, 0.5) is 0 Å². The second-order valence-electron chi connectivity index (χ2n) is 0. The van der Waals surface area contributed by atoms with E-state index in [1.165, 1.54) is 0 Å². The Bertz CT molecular complexity index is 11.2. The van der Waals surface area contributed by atoms with Crippen LogP contribution in [0, 0.1) is 0 Å². The summed E-state index contributed by atoms with van der Waals surface area (Å²) in [5, 5.41) is 0. The van der Waals surface area contributed by atoms with Gasteiger partial charge in [-0.1, -0.05) is 0 Å². The standard InChI is InChI=1S/Cr.4H3N.3Ti/h;4*1H3;;;. The maximum absolute atomic E-state index is 0. The van der Waals surface area contributed by atoms with Crippen molar-refractivity contribution in [2.75, 3.05) is 0 Å². The van der Waals surface area contributed by atoms with Gasteiger partial charge in [-0.2, -0.15) is 0 Å². The van der Waals surface area contributed by atoms with Crippen molar-refractivity contribution in [1.29, 1.82) is 0 Å². The molecule has 0 aromatic rings. The molecule has 0 fully saturated rings. The fraction of sp³-hybridized carbons (Fsp3) is 0. The van der Waals surface area contributed by atoms with Crippen LogP contribution in [0.2, 0.25) is 0 Å². The number of rotatable bonds is 0. The van der Waals surface area contributed by atoms with E-state index < -0.39 is 0 Å². The smallest absolute Gasteiger partial charge is 0 e. The Morgan fingerprint density at radius 3 is 0.375 bits per heavy atom. The van der Waals surface area contributed by atoms with Crippen LogP contribution in [-0.4, -0.2) is 0 Å². The second-order valence-corrected chi connectivity index (χ2v) is 0. The van der Waals surface area contributed by atoms with Gasteiger partial charge < -0.3 is 24.6 Å². The normalized spacial score (nSPS) is 0. The van der Waals surface area contributed by atoms with Crippen LogP contribution >= 0.6 is 0 Å². The first kappa shape index (κ1) is 150. The van der Waals surface area contributed by atoms with Gasteiger partial charge in [-0.25, -0.2) is 0 Å². The third-order valence-electron chi connectivity index (χ3n) is 0. The molecule has 0 atom stereocenters. The summed E-state index contributed by atoms with van der Waals surface area (Å²) in [4.78, 5) is 0. The largest absolute Gasteiger partial charge is 0.344 e. The fourth-order valence-electron chi connectivity index (χ4n) is 0. The summed E-state index contributed by atoms with van der Waals surface area (Å²) in [6, 6.07) is 0. The number of hydrogen-bond acceptors (Lipinski definition) is 4. The zero-order valence-corrected chi connectivity index (χ0v) is 10.7. The van der Waals surface area contributed by atoms with Crippen LogP contribution in [0.15, 0.2) is 0 Å². The maximum atomic E-state index is 0. The quantitative estimate of drug-likeness (QED) is 0.476. The van der Waals surface area contributed by atoms with Crippen molar-refractivity contribution in [3.05, 3.63) is 0 Å². The predicted molar refractivity (Wildman–Crippen MR) is 20.1 cm³/mol. The molecule has 8 heteroatoms. The average molecular weight is 264 g/mol. The Kier molecular flexibility index (Phi) is 2050. The fourth-order valence-corrected chi connectivity index (χ4v) is 0. The molecule has 0 spiro atoms. The van der Waals surface area contributed by atoms with Crippen LogP contribution in [0.25, 0.3) is 0 Å². The maximum Gasteiger partial charge on any atom is 0 e. The van der Waals surface area contributed by atoms with Crippen molar-refractivity contribution in [3.8, 4) is 0 Å². The molecule has 0 unspecified atom stereocenters. The first-order valence-corrected chi connectivity index (χ1v) is 0. The molecular weight excluding hydrogens is 252 g/mol. The SMILES string of the molecule is N.N.N.N.[Cr].[Ti].[Ti].[Ti]. The van der Waals surface area contributed by atoms with Gasteiger partial charge >= 0.3 is 0 Å². The molecule has 0 aromatic carbocycles. The van der Waals surface area contributed by atoms with E-state index >= 15 is 0 Å². The van der Waals surface area contributed by atoms with Crippen LogP contribution < -0.4 is 24.6 Å². The van der Waals surface area contributed by atoms with Crippen LogP contribution in [-0.2, 0) is 82.5 Å². The molecular formula is H12CrN4Ti3. The Morgan fingerprint density at radius 2 is 0.375 bits per heavy atom. The van der Waals surface area contributed by atoms with Gasteiger partial charge in [0.15, 0.2) is 0 Å². The van der Waals surface area contributed by atoms with Crippen LogP contribution in [0.3, 0.4) is 0 Å². The van der Waals surface area contributed by atoms with E-state index in [9.17, 15) is 0 Å². The van der Waals surface area contributed by atoms with Crippen LogP contribution in [0.1, 0.15) is 0 Å². The Labute approximate surface area is 106 Å². The van der Waals surface area contributed by atoms with Gasteiger partial charge in [-0.3, -0.25) is 0 Å². The molecule has 0 radical (unpaired) electrons. The predicted octanol–water partition coefficient (Wildman–Crippen LogP) is 0.638. The Balaban J connectivity index is 0. The van der Waals surface area contributed by atoms with E-state index in [1.807, 2.05) is 0 Å². The summed E-state index contributed by atoms with van der Waals surface area (Å²) in [5.41, 5.74) is 0. The second kappa shape index (κ2) is 109. The van der Waals surface area contributed by atoms with E-state index in [2.05, 4.69) is 0 Å². The van der Waals surface area contributed by atoms with Gasteiger partial charge in [-0.05, 0) is 0 Å². The molecule has 0 aromatic heterocycles. The van der Waals surface area contributed by atoms with E-state index in [0.29, 0.717) is 0 Å². The molecule has 0 rings (SSSR count). The molecule has 0 amide bonds. The Morgan fingerprint density at radius 1 is 0.375 bits per heavy atom. The minimum atomic E-state index is 0. The summed E-state index contributed by atoms with van der Waals surface area (Å²) < 4.78 is 0. The van der Waals surface area contributed by atoms with Crippen molar-refractivity contribution >= 4 is 0 Å². The van der Waals surface area contributed by atoms with Gasteiger partial charge in [0.05, 0.1) is 0 Å². The zero-order chi connectivity index (χ0) is 0. The molecule has 8 heavy (non-hydrogen) atoms. The molecule has 4 nitrogen and oxygen atoms in total. The number of hydrogen-bond donors (Lipinski definition) is 4. The molecule has 0 aliphatic carbocycles. The van der Waals surface area contributed by atoms with Gasteiger partial charge in [-0.15, -0.1) is 0 Å². The van der Waals surface area contributed by atoms with Gasteiger partial charge in [0, 0.05) is 82.5 Å². The Hall–Kier alpha value is 2.52. The van der Waals surface area contributed by atoms with E-state index in [-0.39, 0.29) is 107 Å². The van der Waals surface area contributed by atoms with Crippen molar-refractivity contribution in [3.63, 3.8) is 0 Å². The van der Waals surface area contributed by atoms with Crippen molar-refractivity contribution in [2.45, 2.75) is 0 Å². The summed E-state index contributed by atoms with van der Waals surface area (Å²) in [6.07, 6.45) is 0. The third-order valence-corrected chi connectivity index (χ3v) is 0. The summed E-state index contributed by atoms with van der Waals surface area (Å²) >= 11 is 0. The molecule has 0 heterocycles. The van der Waals surface area contributed by atoms with E-state index in [0.717, 1.165) is 0 Å². The zero-order valence-electron chi connectivity index (χ0n) is 4.74. The molecule has 0 bridgehead atoms. The van der Waals surface area contributed by atoms with E-state index in [1.54, 1.807) is 0 Å². The molecule has 0 aliphatic heterocycles. The molecule has 50 valence electrons. The van der Waals surface area contributed by atoms with Gasteiger partial charge in [0.2, 0.25) is 0 Å². The van der Waals surface area contributed by atoms with Crippen molar-refractivity contribution in [2.24, 2.45) is 0 Å². The first-order valence-electron chi connectivity index (χ1n) is 0. The van der Waals surface area contributed by atoms with Crippen LogP contribution in [0.5, 0.6) is 0 Å². The molecule has 0 saturated carbocycles. The minimum Gasteiger partial charge on any atom is -0.344 e. The third kappa shape index (κ3) is 76.0. The molecule has 0 saturated heterocycles. The first-order chi connectivity index (χ1) is 0. The average Bonchev–Trinajstić information content (AvgIpc) is 0. The summed E-state index contributed by atoms with van der Waals surface area (Å²) in [6.45, 7) is 0. The molecule has 0 aliphatic rings.